The molecule has 1 amide bonds. The van der Waals surface area contributed by atoms with E-state index in [1.165, 1.54) is 0 Å². The number of nitrogens with zero attached hydrogens (tertiary/aromatic N) is 2. The van der Waals surface area contributed by atoms with Gasteiger partial charge in [0.1, 0.15) is 17.4 Å². The molecule has 25 heavy (non-hydrogen) atoms. The molecule has 128 valence electrons. The Morgan fingerprint density at radius 2 is 2.08 bits per heavy atom. The number of aromatic amines is 1. The van der Waals surface area contributed by atoms with Crippen LogP contribution in [0.4, 0.5) is 0 Å². The average Bonchev–Trinajstić information content (AvgIpc) is 3.31. The molecule has 0 saturated heterocycles. The molecular formula is C19H20N4O2. The number of hydrogen-bond donors (Lipinski definition) is 2. The third kappa shape index (κ3) is 3.89. The number of carbonyl (C=O) groups is 1. The van der Waals surface area contributed by atoms with Gasteiger partial charge in [-0.3, -0.25) is 9.89 Å². The molecule has 1 aliphatic carbocycles. The summed E-state index contributed by atoms with van der Waals surface area (Å²) in [6.45, 7) is 0. The highest BCUT2D eigenvalue weighted by atomic mass is 16.5. The van der Waals surface area contributed by atoms with E-state index in [0.29, 0.717) is 5.56 Å². The van der Waals surface area contributed by atoms with Crippen molar-refractivity contribution in [2.45, 2.75) is 31.7 Å². The molecule has 0 bridgehead atoms. The number of nitrogens with one attached hydrogen (secondary N) is 2. The van der Waals surface area contributed by atoms with Crippen LogP contribution >= 0.6 is 0 Å². The van der Waals surface area contributed by atoms with E-state index in [4.69, 9.17) is 4.74 Å². The first-order chi connectivity index (χ1) is 12.2. The maximum absolute atomic E-state index is 12.3. The summed E-state index contributed by atoms with van der Waals surface area (Å²) < 4.78 is 5.16. The first-order valence-electron chi connectivity index (χ1n) is 8.31. The van der Waals surface area contributed by atoms with Gasteiger partial charge in [0.05, 0.1) is 19.0 Å². The van der Waals surface area contributed by atoms with E-state index in [1.807, 2.05) is 30.3 Å². The van der Waals surface area contributed by atoms with Crippen LogP contribution in [0.3, 0.4) is 0 Å². The Hall–Kier alpha value is -3.07. The van der Waals surface area contributed by atoms with Crippen molar-refractivity contribution in [3.63, 3.8) is 0 Å². The molecule has 1 fully saturated rings. The van der Waals surface area contributed by atoms with Crippen LogP contribution in [-0.2, 0) is 4.79 Å². The lowest BCUT2D eigenvalue weighted by atomic mass is 10.1. The van der Waals surface area contributed by atoms with Gasteiger partial charge in [-0.15, -0.1) is 0 Å². The van der Waals surface area contributed by atoms with Crippen molar-refractivity contribution in [1.82, 2.24) is 15.5 Å². The molecule has 2 aromatic rings. The SMILES string of the molecule is COc1ccc(-c2[nH]ncc2C=C(C#N)C(=O)NC2CCCC2)cc1. The summed E-state index contributed by atoms with van der Waals surface area (Å²) in [6, 6.07) is 9.67. The van der Waals surface area contributed by atoms with E-state index in [9.17, 15) is 10.1 Å². The summed E-state index contributed by atoms with van der Waals surface area (Å²) in [5.74, 6) is 0.435. The molecule has 0 radical (unpaired) electrons. The molecule has 1 aliphatic rings. The first-order valence-corrected chi connectivity index (χ1v) is 8.31. The zero-order chi connectivity index (χ0) is 17.6. The van der Waals surface area contributed by atoms with Crippen molar-refractivity contribution in [3.8, 4) is 23.1 Å². The number of nitriles is 1. The maximum Gasteiger partial charge on any atom is 0.262 e. The minimum Gasteiger partial charge on any atom is -0.497 e. The molecule has 0 aliphatic heterocycles. The van der Waals surface area contributed by atoms with Gasteiger partial charge in [0.15, 0.2) is 0 Å². The van der Waals surface area contributed by atoms with Crippen LogP contribution in [0.2, 0.25) is 0 Å². The lowest BCUT2D eigenvalue weighted by Crippen LogP contribution is -2.33. The highest BCUT2D eigenvalue weighted by molar-refractivity contribution is 6.02. The Morgan fingerprint density at radius 3 is 2.72 bits per heavy atom. The first kappa shape index (κ1) is 16.8. The van der Waals surface area contributed by atoms with Gasteiger partial charge in [-0.25, -0.2) is 0 Å². The van der Waals surface area contributed by atoms with Gasteiger partial charge in [0.25, 0.3) is 5.91 Å². The Morgan fingerprint density at radius 1 is 1.36 bits per heavy atom. The highest BCUT2D eigenvalue weighted by Gasteiger charge is 2.19. The number of rotatable bonds is 5. The summed E-state index contributed by atoms with van der Waals surface area (Å²) in [6.07, 6.45) is 7.40. The van der Waals surface area contributed by atoms with Gasteiger partial charge in [0.2, 0.25) is 0 Å². The van der Waals surface area contributed by atoms with E-state index >= 15 is 0 Å². The van der Waals surface area contributed by atoms with Crippen molar-refractivity contribution in [2.75, 3.05) is 7.11 Å². The third-order valence-corrected chi connectivity index (χ3v) is 4.40. The minimum atomic E-state index is -0.323. The molecular weight excluding hydrogens is 316 g/mol. The lowest BCUT2D eigenvalue weighted by molar-refractivity contribution is -0.117. The third-order valence-electron chi connectivity index (χ3n) is 4.40. The summed E-state index contributed by atoms with van der Waals surface area (Å²) in [5, 5.41) is 19.3. The standard InChI is InChI=1S/C19H20N4O2/c1-25-17-8-6-13(7-9-17)18-15(12-21-23-18)10-14(11-20)19(24)22-16-4-2-3-5-16/h6-10,12,16H,2-5H2,1H3,(H,21,23)(H,22,24). The zero-order valence-electron chi connectivity index (χ0n) is 14.1. The molecule has 6 nitrogen and oxygen atoms in total. The van der Waals surface area contributed by atoms with Crippen LogP contribution in [0, 0.1) is 11.3 Å². The lowest BCUT2D eigenvalue weighted by Gasteiger charge is -2.11. The topological polar surface area (TPSA) is 90.8 Å². The largest absolute Gasteiger partial charge is 0.497 e. The minimum absolute atomic E-state index is 0.0862. The molecule has 1 saturated carbocycles. The van der Waals surface area contributed by atoms with Gasteiger partial charge >= 0.3 is 0 Å². The van der Waals surface area contributed by atoms with Crippen LogP contribution in [0.15, 0.2) is 36.0 Å². The molecule has 0 atom stereocenters. The van der Waals surface area contributed by atoms with Crippen LogP contribution in [-0.4, -0.2) is 29.3 Å². The van der Waals surface area contributed by atoms with Gasteiger partial charge in [-0.1, -0.05) is 12.8 Å². The van der Waals surface area contributed by atoms with E-state index in [2.05, 4.69) is 15.5 Å². The summed E-state index contributed by atoms with van der Waals surface area (Å²) in [7, 11) is 1.61. The second kappa shape index (κ2) is 7.67. The number of amides is 1. The number of methoxy groups -OCH3 is 1. The fraction of sp³-hybridized carbons (Fsp3) is 0.316. The second-order valence-electron chi connectivity index (χ2n) is 6.05. The van der Waals surface area contributed by atoms with Gasteiger partial charge in [-0.2, -0.15) is 10.4 Å². The van der Waals surface area contributed by atoms with Crippen LogP contribution in [0.5, 0.6) is 5.75 Å². The zero-order valence-corrected chi connectivity index (χ0v) is 14.1. The Kier molecular flexibility index (Phi) is 5.14. The Labute approximate surface area is 146 Å². The Bertz CT molecular complexity index is 809. The van der Waals surface area contributed by atoms with Crippen LogP contribution < -0.4 is 10.1 Å². The van der Waals surface area contributed by atoms with Crippen molar-refractivity contribution >= 4 is 12.0 Å². The summed E-state index contributed by atoms with van der Waals surface area (Å²) >= 11 is 0. The summed E-state index contributed by atoms with van der Waals surface area (Å²) in [5.41, 5.74) is 2.44. The molecule has 0 spiro atoms. The molecule has 1 aromatic heterocycles. The van der Waals surface area contributed by atoms with Crippen molar-refractivity contribution in [1.29, 1.82) is 5.26 Å². The monoisotopic (exact) mass is 336 g/mol. The molecule has 6 heteroatoms. The van der Waals surface area contributed by atoms with E-state index in [0.717, 1.165) is 42.7 Å². The van der Waals surface area contributed by atoms with Gasteiger partial charge < -0.3 is 10.1 Å². The molecule has 3 rings (SSSR count). The van der Waals surface area contributed by atoms with Crippen molar-refractivity contribution < 1.29 is 9.53 Å². The molecule has 2 N–H and O–H groups in total. The fourth-order valence-corrected chi connectivity index (χ4v) is 3.03. The smallest absolute Gasteiger partial charge is 0.262 e. The average molecular weight is 336 g/mol. The van der Waals surface area contributed by atoms with Gasteiger partial charge in [0, 0.05) is 17.2 Å². The predicted molar refractivity (Wildman–Crippen MR) is 94.6 cm³/mol. The Balaban J connectivity index is 1.83. The number of aromatic nitrogens is 2. The molecule has 1 heterocycles. The fourth-order valence-electron chi connectivity index (χ4n) is 3.03. The molecule has 0 unspecified atom stereocenters. The van der Waals surface area contributed by atoms with Crippen molar-refractivity contribution in [2.24, 2.45) is 0 Å². The number of hydrogen-bond acceptors (Lipinski definition) is 4. The normalized spacial score (nSPS) is 15.0. The van der Waals surface area contributed by atoms with Gasteiger partial charge in [-0.05, 0) is 43.2 Å². The molecule has 1 aromatic carbocycles. The predicted octanol–water partition coefficient (Wildman–Crippen LogP) is 3.05. The number of ether oxygens (including phenoxy) is 1. The van der Waals surface area contributed by atoms with E-state index < -0.39 is 0 Å². The van der Waals surface area contributed by atoms with Crippen molar-refractivity contribution in [3.05, 3.63) is 41.6 Å². The highest BCUT2D eigenvalue weighted by Crippen LogP contribution is 2.25. The van der Waals surface area contributed by atoms with E-state index in [-0.39, 0.29) is 17.5 Å². The second-order valence-corrected chi connectivity index (χ2v) is 6.05. The summed E-state index contributed by atoms with van der Waals surface area (Å²) in [4.78, 5) is 12.3. The van der Waals surface area contributed by atoms with Crippen LogP contribution in [0.25, 0.3) is 17.3 Å². The number of benzene rings is 1. The quantitative estimate of drug-likeness (QED) is 0.648. The van der Waals surface area contributed by atoms with E-state index in [1.54, 1.807) is 19.4 Å². The number of carbonyl (C=O) groups excluding carboxylic acids is 1. The number of H-pyrrole nitrogens is 1. The van der Waals surface area contributed by atoms with Crippen LogP contribution in [0.1, 0.15) is 31.2 Å². The maximum atomic E-state index is 12.3.